The SMILES string of the molecule is Cc1ccccc1Nc1cc(NC(=O)c2ccc(N3CCC(O)CC3)nc2)ccc1Cl. The van der Waals surface area contributed by atoms with Gasteiger partial charge in [0.05, 0.1) is 22.4 Å². The van der Waals surface area contributed by atoms with E-state index in [4.69, 9.17) is 11.6 Å². The largest absolute Gasteiger partial charge is 0.393 e. The molecule has 4 rings (SSSR count). The number of aliphatic hydroxyl groups excluding tert-OH is 1. The first-order valence-corrected chi connectivity index (χ1v) is 10.7. The fourth-order valence-electron chi connectivity index (χ4n) is 3.56. The van der Waals surface area contributed by atoms with Crippen molar-refractivity contribution < 1.29 is 9.90 Å². The van der Waals surface area contributed by atoms with E-state index in [1.54, 1.807) is 24.4 Å². The number of halogens is 1. The minimum absolute atomic E-state index is 0.231. The molecule has 2 heterocycles. The highest BCUT2D eigenvalue weighted by Gasteiger charge is 2.18. The van der Waals surface area contributed by atoms with Gasteiger partial charge in [0.2, 0.25) is 0 Å². The number of nitrogens with zero attached hydrogens (tertiary/aromatic N) is 2. The zero-order chi connectivity index (χ0) is 21.8. The summed E-state index contributed by atoms with van der Waals surface area (Å²) in [6, 6.07) is 16.9. The number of benzene rings is 2. The van der Waals surface area contributed by atoms with Crippen LogP contribution in [0.1, 0.15) is 28.8 Å². The maximum absolute atomic E-state index is 12.7. The molecule has 0 spiro atoms. The third-order valence-electron chi connectivity index (χ3n) is 5.44. The van der Waals surface area contributed by atoms with Gasteiger partial charge in [-0.15, -0.1) is 0 Å². The van der Waals surface area contributed by atoms with E-state index in [2.05, 4.69) is 20.5 Å². The van der Waals surface area contributed by atoms with Crippen LogP contribution in [0.4, 0.5) is 22.9 Å². The number of aryl methyl sites for hydroxylation is 1. The van der Waals surface area contributed by atoms with Crippen molar-refractivity contribution in [3.63, 3.8) is 0 Å². The Hall–Kier alpha value is -3.09. The van der Waals surface area contributed by atoms with Gasteiger partial charge in [-0.25, -0.2) is 4.98 Å². The Morgan fingerprint density at radius 3 is 2.58 bits per heavy atom. The van der Waals surface area contributed by atoms with Gasteiger partial charge < -0.3 is 20.6 Å². The Labute approximate surface area is 186 Å². The van der Waals surface area contributed by atoms with Crippen molar-refractivity contribution in [2.45, 2.75) is 25.9 Å². The van der Waals surface area contributed by atoms with E-state index in [1.165, 1.54) is 0 Å². The number of piperidine rings is 1. The van der Waals surface area contributed by atoms with Gasteiger partial charge in [0.1, 0.15) is 5.82 Å². The summed E-state index contributed by atoms with van der Waals surface area (Å²) in [5.74, 6) is 0.581. The van der Waals surface area contributed by atoms with Crippen LogP contribution in [0.15, 0.2) is 60.8 Å². The Morgan fingerprint density at radius 1 is 1.10 bits per heavy atom. The molecule has 31 heavy (non-hydrogen) atoms. The number of carbonyl (C=O) groups excluding carboxylic acids is 1. The fraction of sp³-hybridized carbons (Fsp3) is 0.250. The molecule has 3 aromatic rings. The molecule has 7 heteroatoms. The number of pyridine rings is 1. The lowest BCUT2D eigenvalue weighted by molar-refractivity contribution is 0.102. The average Bonchev–Trinajstić information content (AvgIpc) is 2.78. The number of amides is 1. The van der Waals surface area contributed by atoms with Crippen molar-refractivity contribution in [1.29, 1.82) is 0 Å². The third-order valence-corrected chi connectivity index (χ3v) is 5.77. The van der Waals surface area contributed by atoms with E-state index in [1.807, 2.05) is 43.3 Å². The minimum atomic E-state index is -0.239. The molecule has 160 valence electrons. The van der Waals surface area contributed by atoms with E-state index in [0.717, 1.165) is 48.7 Å². The summed E-state index contributed by atoms with van der Waals surface area (Å²) in [5, 5.41) is 16.4. The summed E-state index contributed by atoms with van der Waals surface area (Å²) in [7, 11) is 0. The van der Waals surface area contributed by atoms with Crippen LogP contribution < -0.4 is 15.5 Å². The highest BCUT2D eigenvalue weighted by atomic mass is 35.5. The standard InChI is InChI=1S/C24H25ClN4O2/c1-16-4-2-3-5-21(16)28-22-14-18(7-8-20(22)25)27-24(31)17-6-9-23(26-15-17)29-12-10-19(30)11-13-29/h2-9,14-15,19,28,30H,10-13H2,1H3,(H,27,31). The summed E-state index contributed by atoms with van der Waals surface area (Å²) in [6.07, 6.45) is 2.82. The number of para-hydroxylation sites is 1. The first kappa shape index (κ1) is 21.2. The highest BCUT2D eigenvalue weighted by molar-refractivity contribution is 6.33. The predicted octanol–water partition coefficient (Wildman–Crippen LogP) is 5.00. The Morgan fingerprint density at radius 2 is 1.87 bits per heavy atom. The summed E-state index contributed by atoms with van der Waals surface area (Å²) in [6.45, 7) is 3.55. The molecule has 6 nitrogen and oxygen atoms in total. The first-order valence-electron chi connectivity index (χ1n) is 10.3. The molecule has 1 aromatic heterocycles. The number of nitrogens with one attached hydrogen (secondary N) is 2. The summed E-state index contributed by atoms with van der Waals surface area (Å²) >= 11 is 6.35. The van der Waals surface area contributed by atoms with Crippen molar-refractivity contribution >= 4 is 40.4 Å². The van der Waals surface area contributed by atoms with Crippen LogP contribution in [0.3, 0.4) is 0 Å². The molecule has 1 saturated heterocycles. The molecule has 1 fully saturated rings. The molecule has 2 aromatic carbocycles. The topological polar surface area (TPSA) is 77.5 Å². The molecule has 1 aliphatic heterocycles. The van der Waals surface area contributed by atoms with Gasteiger partial charge in [0.25, 0.3) is 5.91 Å². The van der Waals surface area contributed by atoms with Gasteiger partial charge in [-0.05, 0) is 61.7 Å². The Kier molecular flexibility index (Phi) is 6.39. The van der Waals surface area contributed by atoms with Crippen LogP contribution in [-0.2, 0) is 0 Å². The number of aromatic nitrogens is 1. The van der Waals surface area contributed by atoms with E-state index >= 15 is 0 Å². The maximum Gasteiger partial charge on any atom is 0.257 e. The van der Waals surface area contributed by atoms with E-state index < -0.39 is 0 Å². The summed E-state index contributed by atoms with van der Waals surface area (Å²) < 4.78 is 0. The molecule has 0 aliphatic carbocycles. The molecule has 0 radical (unpaired) electrons. The van der Waals surface area contributed by atoms with Crippen molar-refractivity contribution in [2.75, 3.05) is 28.6 Å². The normalized spacial score (nSPS) is 14.4. The van der Waals surface area contributed by atoms with Gasteiger partial charge in [-0.3, -0.25) is 4.79 Å². The molecule has 1 aliphatic rings. The number of rotatable bonds is 5. The quantitative estimate of drug-likeness (QED) is 0.524. The number of anilines is 4. The zero-order valence-corrected chi connectivity index (χ0v) is 18.1. The molecule has 0 unspecified atom stereocenters. The molecular weight excluding hydrogens is 412 g/mol. The summed E-state index contributed by atoms with van der Waals surface area (Å²) in [5.41, 5.74) is 3.89. The van der Waals surface area contributed by atoms with E-state index in [9.17, 15) is 9.90 Å². The van der Waals surface area contributed by atoms with Crippen LogP contribution in [0.2, 0.25) is 5.02 Å². The monoisotopic (exact) mass is 436 g/mol. The number of aliphatic hydroxyl groups is 1. The molecule has 0 atom stereocenters. The zero-order valence-electron chi connectivity index (χ0n) is 17.3. The Balaban J connectivity index is 1.44. The van der Waals surface area contributed by atoms with Crippen LogP contribution in [-0.4, -0.2) is 35.2 Å². The van der Waals surface area contributed by atoms with Crippen LogP contribution in [0, 0.1) is 6.92 Å². The highest BCUT2D eigenvalue weighted by Crippen LogP contribution is 2.30. The number of hydrogen-bond acceptors (Lipinski definition) is 5. The summed E-state index contributed by atoms with van der Waals surface area (Å²) in [4.78, 5) is 19.3. The second-order valence-electron chi connectivity index (χ2n) is 7.71. The van der Waals surface area contributed by atoms with E-state index in [0.29, 0.717) is 16.3 Å². The lowest BCUT2D eigenvalue weighted by Crippen LogP contribution is -2.36. The minimum Gasteiger partial charge on any atom is -0.393 e. The van der Waals surface area contributed by atoms with Gasteiger partial charge in [-0.1, -0.05) is 29.8 Å². The second-order valence-corrected chi connectivity index (χ2v) is 8.12. The van der Waals surface area contributed by atoms with Crippen molar-refractivity contribution in [1.82, 2.24) is 4.98 Å². The van der Waals surface area contributed by atoms with Crippen molar-refractivity contribution in [3.8, 4) is 0 Å². The number of carbonyl (C=O) groups is 1. The third kappa shape index (κ3) is 5.16. The lowest BCUT2D eigenvalue weighted by atomic mass is 10.1. The average molecular weight is 437 g/mol. The smallest absolute Gasteiger partial charge is 0.257 e. The first-order chi connectivity index (χ1) is 15.0. The van der Waals surface area contributed by atoms with Gasteiger partial charge in [-0.2, -0.15) is 0 Å². The second kappa shape index (κ2) is 9.37. The lowest BCUT2D eigenvalue weighted by Gasteiger charge is -2.30. The predicted molar refractivity (Wildman–Crippen MR) is 126 cm³/mol. The molecular formula is C24H25ClN4O2. The van der Waals surface area contributed by atoms with Crippen LogP contribution in [0.25, 0.3) is 0 Å². The van der Waals surface area contributed by atoms with Gasteiger partial charge >= 0.3 is 0 Å². The van der Waals surface area contributed by atoms with E-state index in [-0.39, 0.29) is 12.0 Å². The Bertz CT molecular complexity index is 1060. The van der Waals surface area contributed by atoms with Crippen molar-refractivity contribution in [2.24, 2.45) is 0 Å². The van der Waals surface area contributed by atoms with Crippen LogP contribution >= 0.6 is 11.6 Å². The fourth-order valence-corrected chi connectivity index (χ4v) is 3.73. The van der Waals surface area contributed by atoms with Gasteiger partial charge in [0.15, 0.2) is 0 Å². The van der Waals surface area contributed by atoms with Gasteiger partial charge in [0, 0.05) is 30.7 Å². The number of hydrogen-bond donors (Lipinski definition) is 3. The molecule has 3 N–H and O–H groups in total. The molecule has 0 bridgehead atoms. The molecule has 1 amide bonds. The maximum atomic E-state index is 12.7. The van der Waals surface area contributed by atoms with Crippen molar-refractivity contribution in [3.05, 3.63) is 76.9 Å². The van der Waals surface area contributed by atoms with Crippen LogP contribution in [0.5, 0.6) is 0 Å². The molecule has 0 saturated carbocycles.